The Morgan fingerprint density at radius 3 is 2.54 bits per heavy atom. The summed E-state index contributed by atoms with van der Waals surface area (Å²) in [4.78, 5) is 14.4. The third kappa shape index (κ3) is 4.21. The topological polar surface area (TPSA) is 32.3 Å². The number of amides is 1. The smallest absolute Gasteiger partial charge is 0.229 e. The molecule has 0 bridgehead atoms. The van der Waals surface area contributed by atoms with Crippen LogP contribution in [0.2, 0.25) is 5.02 Å². The maximum Gasteiger partial charge on any atom is 0.229 e. The van der Waals surface area contributed by atoms with Crippen LogP contribution in [0, 0.1) is 0 Å². The van der Waals surface area contributed by atoms with Gasteiger partial charge in [0.2, 0.25) is 5.91 Å². The lowest BCUT2D eigenvalue weighted by Gasteiger charge is -2.36. The van der Waals surface area contributed by atoms with Crippen molar-refractivity contribution in [2.45, 2.75) is 36.6 Å². The van der Waals surface area contributed by atoms with E-state index >= 15 is 0 Å². The molecule has 1 aromatic rings. The van der Waals surface area contributed by atoms with Gasteiger partial charge in [-0.25, -0.2) is 0 Å². The van der Waals surface area contributed by atoms with Gasteiger partial charge in [0.1, 0.15) is 0 Å². The number of carbonyl (C=O) groups is 1. The second kappa shape index (κ2) is 7.73. The minimum absolute atomic E-state index is 0.0687. The highest BCUT2D eigenvalue weighted by molar-refractivity contribution is 6.30. The van der Waals surface area contributed by atoms with Gasteiger partial charge in [0.15, 0.2) is 0 Å². The molecule has 128 valence electrons. The number of nitrogens with one attached hydrogen (secondary N) is 1. The molecule has 1 unspecified atom stereocenters. The van der Waals surface area contributed by atoms with Crippen molar-refractivity contribution in [1.82, 2.24) is 5.32 Å². The predicted molar refractivity (Wildman–Crippen MR) is 101 cm³/mol. The Balaban J connectivity index is 1.83. The highest BCUT2D eigenvalue weighted by Gasteiger charge is 2.33. The maximum absolute atomic E-state index is 13.1. The SMILES string of the molecule is O=C(CC1(Cl)C=CC=CC1)N(c1ccc(Cl)cc1)C1CCNCC1. The van der Waals surface area contributed by atoms with Gasteiger partial charge in [-0.2, -0.15) is 0 Å². The summed E-state index contributed by atoms with van der Waals surface area (Å²) in [5.41, 5.74) is 0.895. The van der Waals surface area contributed by atoms with E-state index in [4.69, 9.17) is 23.2 Å². The lowest BCUT2D eigenvalue weighted by molar-refractivity contribution is -0.119. The molecule has 1 saturated heterocycles. The lowest BCUT2D eigenvalue weighted by atomic mass is 9.94. The molecule has 1 aromatic carbocycles. The van der Waals surface area contributed by atoms with Crippen LogP contribution in [0.4, 0.5) is 5.69 Å². The van der Waals surface area contributed by atoms with Gasteiger partial charge in [0.05, 0.1) is 11.3 Å². The van der Waals surface area contributed by atoms with Gasteiger partial charge in [-0.3, -0.25) is 4.79 Å². The van der Waals surface area contributed by atoms with Crippen LogP contribution in [-0.4, -0.2) is 29.9 Å². The first-order chi connectivity index (χ1) is 11.6. The van der Waals surface area contributed by atoms with E-state index < -0.39 is 4.87 Å². The van der Waals surface area contributed by atoms with Crippen LogP contribution < -0.4 is 10.2 Å². The number of alkyl halides is 1. The fourth-order valence-electron chi connectivity index (χ4n) is 3.33. The molecule has 1 aliphatic heterocycles. The van der Waals surface area contributed by atoms with Gasteiger partial charge in [0, 0.05) is 16.8 Å². The number of hydrogen-bond donors (Lipinski definition) is 1. The zero-order valence-electron chi connectivity index (χ0n) is 13.6. The van der Waals surface area contributed by atoms with E-state index in [0.717, 1.165) is 31.6 Å². The molecule has 1 fully saturated rings. The summed E-state index contributed by atoms with van der Waals surface area (Å²) in [5.74, 6) is 0.0687. The van der Waals surface area contributed by atoms with Gasteiger partial charge in [-0.05, 0) is 56.6 Å². The number of piperidine rings is 1. The molecule has 0 radical (unpaired) electrons. The first-order valence-electron chi connectivity index (χ1n) is 8.39. The summed E-state index contributed by atoms with van der Waals surface area (Å²) in [7, 11) is 0. The number of nitrogens with zero attached hydrogens (tertiary/aromatic N) is 1. The number of halogens is 2. The average molecular weight is 365 g/mol. The van der Waals surface area contributed by atoms with E-state index in [1.54, 1.807) is 0 Å². The summed E-state index contributed by atoms with van der Waals surface area (Å²) in [6.07, 6.45) is 10.7. The lowest BCUT2D eigenvalue weighted by Crippen LogP contribution is -2.48. The predicted octanol–water partition coefficient (Wildman–Crippen LogP) is 4.31. The van der Waals surface area contributed by atoms with E-state index in [1.807, 2.05) is 53.5 Å². The normalized spacial score (nSPS) is 24.1. The molecule has 1 N–H and O–H groups in total. The third-order valence-corrected chi connectivity index (χ3v) is 5.26. The van der Waals surface area contributed by atoms with E-state index in [9.17, 15) is 4.79 Å². The Morgan fingerprint density at radius 2 is 1.92 bits per heavy atom. The molecular weight excluding hydrogens is 343 g/mol. The largest absolute Gasteiger partial charge is 0.317 e. The third-order valence-electron chi connectivity index (χ3n) is 4.59. The van der Waals surface area contributed by atoms with Crippen molar-refractivity contribution < 1.29 is 4.79 Å². The number of rotatable bonds is 4. The van der Waals surface area contributed by atoms with Crippen LogP contribution in [0.3, 0.4) is 0 Å². The quantitative estimate of drug-likeness (QED) is 0.807. The number of allylic oxidation sites excluding steroid dienone is 4. The van der Waals surface area contributed by atoms with Crippen molar-refractivity contribution in [2.75, 3.05) is 18.0 Å². The van der Waals surface area contributed by atoms with Gasteiger partial charge < -0.3 is 10.2 Å². The molecule has 0 aromatic heterocycles. The van der Waals surface area contributed by atoms with Gasteiger partial charge in [-0.1, -0.05) is 35.9 Å². The van der Waals surface area contributed by atoms with Crippen molar-refractivity contribution in [3.8, 4) is 0 Å². The highest BCUT2D eigenvalue weighted by atomic mass is 35.5. The highest BCUT2D eigenvalue weighted by Crippen LogP contribution is 2.32. The molecule has 0 saturated carbocycles. The van der Waals surface area contributed by atoms with Crippen LogP contribution in [-0.2, 0) is 4.79 Å². The van der Waals surface area contributed by atoms with Crippen molar-refractivity contribution in [3.63, 3.8) is 0 Å². The molecular formula is C19H22Cl2N2O. The Hall–Kier alpha value is -1.29. The van der Waals surface area contributed by atoms with E-state index in [2.05, 4.69) is 5.32 Å². The molecule has 24 heavy (non-hydrogen) atoms. The molecule has 2 aliphatic rings. The molecule has 3 rings (SSSR count). The minimum Gasteiger partial charge on any atom is -0.317 e. The van der Waals surface area contributed by atoms with Crippen LogP contribution in [0.5, 0.6) is 0 Å². The van der Waals surface area contributed by atoms with E-state index in [-0.39, 0.29) is 11.9 Å². The minimum atomic E-state index is -0.622. The first-order valence-corrected chi connectivity index (χ1v) is 9.15. The van der Waals surface area contributed by atoms with Gasteiger partial charge in [0.25, 0.3) is 0 Å². The number of hydrogen-bond acceptors (Lipinski definition) is 2. The fraction of sp³-hybridized carbons (Fsp3) is 0.421. The number of benzene rings is 1. The monoisotopic (exact) mass is 364 g/mol. The van der Waals surface area contributed by atoms with Gasteiger partial charge in [-0.15, -0.1) is 11.6 Å². The summed E-state index contributed by atoms with van der Waals surface area (Å²) in [6, 6.07) is 7.69. The molecule has 3 nitrogen and oxygen atoms in total. The molecule has 1 heterocycles. The zero-order valence-corrected chi connectivity index (χ0v) is 15.1. The Bertz CT molecular complexity index is 635. The van der Waals surface area contributed by atoms with Crippen LogP contribution in [0.1, 0.15) is 25.7 Å². The van der Waals surface area contributed by atoms with Crippen LogP contribution in [0.25, 0.3) is 0 Å². The van der Waals surface area contributed by atoms with E-state index in [1.165, 1.54) is 0 Å². The van der Waals surface area contributed by atoms with Crippen molar-refractivity contribution in [2.24, 2.45) is 0 Å². The standard InChI is InChI=1S/C19H22Cl2N2O/c20-15-4-6-16(7-5-15)23(17-8-12-22-13-9-17)18(24)14-19(21)10-2-1-3-11-19/h1-7,10,17,22H,8-9,11-14H2. The van der Waals surface area contributed by atoms with Crippen molar-refractivity contribution in [3.05, 3.63) is 53.6 Å². The maximum atomic E-state index is 13.1. The van der Waals surface area contributed by atoms with Gasteiger partial charge >= 0.3 is 0 Å². The Kier molecular flexibility index (Phi) is 5.65. The summed E-state index contributed by atoms with van der Waals surface area (Å²) >= 11 is 12.7. The van der Waals surface area contributed by atoms with Crippen LogP contribution in [0.15, 0.2) is 48.6 Å². The molecule has 5 heteroatoms. The molecule has 0 spiro atoms. The van der Waals surface area contributed by atoms with E-state index in [0.29, 0.717) is 17.9 Å². The summed E-state index contributed by atoms with van der Waals surface area (Å²) in [5, 5.41) is 4.02. The molecule has 1 aliphatic carbocycles. The Morgan fingerprint density at radius 1 is 1.21 bits per heavy atom. The number of carbonyl (C=O) groups excluding carboxylic acids is 1. The summed E-state index contributed by atoms with van der Waals surface area (Å²) < 4.78 is 0. The fourth-order valence-corrected chi connectivity index (χ4v) is 3.73. The zero-order chi connectivity index (χ0) is 17.0. The second-order valence-corrected chi connectivity index (χ2v) is 7.61. The summed E-state index contributed by atoms with van der Waals surface area (Å²) in [6.45, 7) is 1.85. The second-order valence-electron chi connectivity index (χ2n) is 6.42. The molecule has 1 atom stereocenters. The van der Waals surface area contributed by atoms with Crippen molar-refractivity contribution >= 4 is 34.8 Å². The number of anilines is 1. The first kappa shape index (κ1) is 17.5. The average Bonchev–Trinajstić information content (AvgIpc) is 2.58. The van der Waals surface area contributed by atoms with Crippen molar-refractivity contribution in [1.29, 1.82) is 0 Å². The Labute approximate surface area is 153 Å². The molecule has 1 amide bonds. The van der Waals surface area contributed by atoms with Crippen LogP contribution >= 0.6 is 23.2 Å².